The van der Waals surface area contributed by atoms with Crippen LogP contribution in [0.15, 0.2) is 29.2 Å². The van der Waals surface area contributed by atoms with Crippen LogP contribution in [0.2, 0.25) is 0 Å². The van der Waals surface area contributed by atoms with Gasteiger partial charge >= 0.3 is 0 Å². The molecule has 0 saturated carbocycles. The molecule has 0 saturated heterocycles. The SMILES string of the molecule is CC(NCC(O)C(C)C)c1ccc(S(C)=O)cc1. The Labute approximate surface area is 112 Å². The van der Waals surface area contributed by atoms with Gasteiger partial charge in [-0.25, -0.2) is 0 Å². The smallest absolute Gasteiger partial charge is 0.0687 e. The highest BCUT2D eigenvalue weighted by Gasteiger charge is 2.11. The van der Waals surface area contributed by atoms with E-state index in [1.54, 1.807) is 6.26 Å². The second kappa shape index (κ2) is 7.02. The molecule has 0 heterocycles. The van der Waals surface area contributed by atoms with Crippen LogP contribution in [0.4, 0.5) is 0 Å². The van der Waals surface area contributed by atoms with E-state index >= 15 is 0 Å². The molecule has 0 aromatic heterocycles. The van der Waals surface area contributed by atoms with Crippen molar-refractivity contribution in [3.63, 3.8) is 0 Å². The lowest BCUT2D eigenvalue weighted by molar-refractivity contribution is 0.120. The molecule has 0 aliphatic rings. The average Bonchev–Trinajstić information content (AvgIpc) is 2.35. The van der Waals surface area contributed by atoms with Crippen LogP contribution in [-0.4, -0.2) is 28.2 Å². The number of aliphatic hydroxyl groups is 1. The van der Waals surface area contributed by atoms with E-state index in [9.17, 15) is 9.32 Å². The molecular weight excluding hydrogens is 246 g/mol. The van der Waals surface area contributed by atoms with Crippen LogP contribution in [0.25, 0.3) is 0 Å². The Bertz CT molecular complexity index is 389. The summed E-state index contributed by atoms with van der Waals surface area (Å²) in [7, 11) is -0.928. The molecule has 0 fully saturated rings. The Kier molecular flexibility index (Phi) is 5.99. The first-order valence-electron chi connectivity index (χ1n) is 6.26. The van der Waals surface area contributed by atoms with E-state index in [4.69, 9.17) is 0 Å². The highest BCUT2D eigenvalue weighted by Crippen LogP contribution is 2.15. The van der Waals surface area contributed by atoms with E-state index in [-0.39, 0.29) is 18.1 Å². The molecule has 102 valence electrons. The number of rotatable bonds is 6. The molecule has 4 heteroatoms. The minimum absolute atomic E-state index is 0.178. The first kappa shape index (κ1) is 15.3. The predicted molar refractivity (Wildman–Crippen MR) is 76.0 cm³/mol. The second-order valence-electron chi connectivity index (χ2n) is 4.96. The fraction of sp³-hybridized carbons (Fsp3) is 0.571. The van der Waals surface area contributed by atoms with Crippen molar-refractivity contribution in [2.45, 2.75) is 37.8 Å². The average molecular weight is 269 g/mol. The molecule has 3 nitrogen and oxygen atoms in total. The van der Waals surface area contributed by atoms with Gasteiger partial charge in [-0.2, -0.15) is 0 Å². The number of hydrogen-bond acceptors (Lipinski definition) is 3. The van der Waals surface area contributed by atoms with Crippen molar-refractivity contribution in [3.05, 3.63) is 29.8 Å². The predicted octanol–water partition coefficient (Wildman–Crippen LogP) is 2.09. The van der Waals surface area contributed by atoms with Crippen molar-refractivity contribution in [2.24, 2.45) is 5.92 Å². The molecule has 0 bridgehead atoms. The van der Waals surface area contributed by atoms with Gasteiger partial charge in [0.1, 0.15) is 0 Å². The zero-order valence-corrected chi connectivity index (χ0v) is 12.3. The van der Waals surface area contributed by atoms with Crippen molar-refractivity contribution in [2.75, 3.05) is 12.8 Å². The third kappa shape index (κ3) is 4.52. The summed E-state index contributed by atoms with van der Waals surface area (Å²) >= 11 is 0. The summed E-state index contributed by atoms with van der Waals surface area (Å²) in [6.45, 7) is 6.65. The van der Waals surface area contributed by atoms with Crippen LogP contribution in [0.3, 0.4) is 0 Å². The molecule has 3 atom stereocenters. The molecular formula is C14H23NO2S. The zero-order chi connectivity index (χ0) is 13.7. The van der Waals surface area contributed by atoms with E-state index in [0.29, 0.717) is 6.54 Å². The molecule has 0 amide bonds. The summed E-state index contributed by atoms with van der Waals surface area (Å²) in [4.78, 5) is 0.841. The monoisotopic (exact) mass is 269 g/mol. The van der Waals surface area contributed by atoms with Gasteiger partial charge in [0.2, 0.25) is 0 Å². The highest BCUT2D eigenvalue weighted by molar-refractivity contribution is 7.84. The van der Waals surface area contributed by atoms with E-state index in [2.05, 4.69) is 12.2 Å². The van der Waals surface area contributed by atoms with E-state index in [0.717, 1.165) is 10.5 Å². The Morgan fingerprint density at radius 3 is 2.22 bits per heavy atom. The van der Waals surface area contributed by atoms with E-state index in [1.807, 2.05) is 38.1 Å². The zero-order valence-electron chi connectivity index (χ0n) is 11.5. The van der Waals surface area contributed by atoms with Gasteiger partial charge in [0.05, 0.1) is 6.10 Å². The molecule has 0 aliphatic carbocycles. The number of nitrogens with one attached hydrogen (secondary N) is 1. The molecule has 0 radical (unpaired) electrons. The van der Waals surface area contributed by atoms with Gasteiger partial charge in [-0.05, 0) is 30.5 Å². The van der Waals surface area contributed by atoms with Crippen LogP contribution in [0, 0.1) is 5.92 Å². The van der Waals surface area contributed by atoms with Gasteiger partial charge in [-0.15, -0.1) is 0 Å². The standard InChI is InChI=1S/C14H23NO2S/c1-10(2)14(16)9-15-11(3)12-5-7-13(8-6-12)18(4)17/h5-8,10-11,14-16H,9H2,1-4H3. The Balaban J connectivity index is 2.56. The van der Waals surface area contributed by atoms with Gasteiger partial charge in [-0.1, -0.05) is 26.0 Å². The lowest BCUT2D eigenvalue weighted by Crippen LogP contribution is -2.32. The third-order valence-electron chi connectivity index (χ3n) is 3.11. The first-order valence-corrected chi connectivity index (χ1v) is 7.82. The van der Waals surface area contributed by atoms with Crippen LogP contribution < -0.4 is 5.32 Å². The number of hydrogen-bond donors (Lipinski definition) is 2. The normalized spacial score (nSPS) is 16.6. The minimum atomic E-state index is -0.928. The van der Waals surface area contributed by atoms with Crippen LogP contribution in [0.1, 0.15) is 32.4 Å². The molecule has 3 unspecified atom stereocenters. The maximum Gasteiger partial charge on any atom is 0.0687 e. The van der Waals surface area contributed by atoms with E-state index in [1.165, 1.54) is 0 Å². The molecule has 1 aromatic rings. The maximum atomic E-state index is 11.3. The van der Waals surface area contributed by atoms with Gasteiger partial charge in [0, 0.05) is 34.5 Å². The quantitative estimate of drug-likeness (QED) is 0.831. The van der Waals surface area contributed by atoms with Crippen molar-refractivity contribution < 1.29 is 9.32 Å². The summed E-state index contributed by atoms with van der Waals surface area (Å²) < 4.78 is 11.3. The highest BCUT2D eigenvalue weighted by atomic mass is 32.2. The topological polar surface area (TPSA) is 49.3 Å². The van der Waals surface area contributed by atoms with Crippen LogP contribution >= 0.6 is 0 Å². The third-order valence-corrected chi connectivity index (χ3v) is 4.05. The Morgan fingerprint density at radius 2 is 1.78 bits per heavy atom. The lowest BCUT2D eigenvalue weighted by atomic mass is 10.1. The maximum absolute atomic E-state index is 11.3. The molecule has 18 heavy (non-hydrogen) atoms. The molecule has 0 spiro atoms. The van der Waals surface area contributed by atoms with Crippen molar-refractivity contribution >= 4 is 10.8 Å². The Hall–Kier alpha value is -0.710. The van der Waals surface area contributed by atoms with Gasteiger partial charge in [0.25, 0.3) is 0 Å². The molecule has 1 aromatic carbocycles. The molecule has 0 aliphatic heterocycles. The van der Waals surface area contributed by atoms with Gasteiger partial charge in [-0.3, -0.25) is 4.21 Å². The van der Waals surface area contributed by atoms with Crippen LogP contribution in [0.5, 0.6) is 0 Å². The van der Waals surface area contributed by atoms with Crippen LogP contribution in [-0.2, 0) is 10.8 Å². The number of benzene rings is 1. The summed E-state index contributed by atoms with van der Waals surface area (Å²) in [5.74, 6) is 0.259. The molecule has 2 N–H and O–H groups in total. The minimum Gasteiger partial charge on any atom is -0.392 e. The van der Waals surface area contributed by atoms with Gasteiger partial charge < -0.3 is 10.4 Å². The molecule has 1 rings (SSSR count). The summed E-state index contributed by atoms with van der Waals surface area (Å²) in [5.41, 5.74) is 1.14. The van der Waals surface area contributed by atoms with Crippen molar-refractivity contribution in [3.8, 4) is 0 Å². The van der Waals surface area contributed by atoms with Crippen molar-refractivity contribution in [1.29, 1.82) is 0 Å². The fourth-order valence-electron chi connectivity index (χ4n) is 1.60. The summed E-state index contributed by atoms with van der Waals surface area (Å²) in [5, 5.41) is 13.0. The second-order valence-corrected chi connectivity index (χ2v) is 6.34. The van der Waals surface area contributed by atoms with E-state index < -0.39 is 10.8 Å². The largest absolute Gasteiger partial charge is 0.392 e. The van der Waals surface area contributed by atoms with Crippen molar-refractivity contribution in [1.82, 2.24) is 5.32 Å². The first-order chi connectivity index (χ1) is 8.41. The lowest BCUT2D eigenvalue weighted by Gasteiger charge is -2.19. The Morgan fingerprint density at radius 1 is 1.22 bits per heavy atom. The number of aliphatic hydroxyl groups excluding tert-OH is 1. The summed E-state index contributed by atoms with van der Waals surface area (Å²) in [6, 6.07) is 7.93. The fourth-order valence-corrected chi connectivity index (χ4v) is 2.12. The van der Waals surface area contributed by atoms with Gasteiger partial charge in [0.15, 0.2) is 0 Å². The summed E-state index contributed by atoms with van der Waals surface area (Å²) in [6.07, 6.45) is 1.35.